The van der Waals surface area contributed by atoms with Gasteiger partial charge in [-0.3, -0.25) is 0 Å². The molecule has 0 fully saturated rings. The van der Waals surface area contributed by atoms with E-state index < -0.39 is 0 Å². The van der Waals surface area contributed by atoms with E-state index in [2.05, 4.69) is 97.1 Å². The van der Waals surface area contributed by atoms with Gasteiger partial charge in [-0.1, -0.05) is 0 Å². The molecular weight excluding hydrogens is 383 g/mol. The standard InChI is InChI=1S/C23H16.Pd/c1-2-10-20(9-1)22-13-5-7-18(16-22)15-19-8-6-14-23(17-19)21-11-3-4-12-21;/h1-14H,15H2;/q-4;. The molecule has 0 aliphatic heterocycles. The van der Waals surface area contributed by atoms with Gasteiger partial charge < -0.3 is 0 Å². The first-order valence-corrected chi connectivity index (χ1v) is 7.85. The van der Waals surface area contributed by atoms with Gasteiger partial charge in [0.1, 0.15) is 0 Å². The van der Waals surface area contributed by atoms with Crippen LogP contribution in [0.3, 0.4) is 0 Å². The maximum atomic E-state index is 3.53. The Morgan fingerprint density at radius 3 is 1.54 bits per heavy atom. The second kappa shape index (κ2) is 7.58. The average molecular weight is 399 g/mol. The molecule has 0 saturated carbocycles. The molecule has 1 heteroatoms. The third-order valence-electron chi connectivity index (χ3n) is 4.04. The molecule has 0 radical (unpaired) electrons. The van der Waals surface area contributed by atoms with Gasteiger partial charge in [0.05, 0.1) is 0 Å². The molecule has 0 saturated heterocycles. The molecule has 0 unspecified atom stereocenters. The fraction of sp³-hybridized carbons (Fsp3) is 0.0435. The largest absolute Gasteiger partial charge is 0.232 e. The summed E-state index contributed by atoms with van der Waals surface area (Å²) in [4.78, 5) is 0. The van der Waals surface area contributed by atoms with Crippen molar-refractivity contribution in [3.05, 3.63) is 108 Å². The zero-order valence-electron chi connectivity index (χ0n) is 13.1. The fourth-order valence-electron chi connectivity index (χ4n) is 2.89. The Kier molecular flexibility index (Phi) is 5.26. The summed E-state index contributed by atoms with van der Waals surface area (Å²) in [6.45, 7) is 0. The quantitative estimate of drug-likeness (QED) is 0.308. The molecule has 0 atom stereocenters. The second-order valence-electron chi connectivity index (χ2n) is 5.70. The fourth-order valence-corrected chi connectivity index (χ4v) is 2.89. The van der Waals surface area contributed by atoms with Crippen LogP contribution >= 0.6 is 0 Å². The van der Waals surface area contributed by atoms with Gasteiger partial charge in [0, 0.05) is 20.4 Å². The van der Waals surface area contributed by atoms with Crippen LogP contribution in [0.15, 0.2) is 84.9 Å². The summed E-state index contributed by atoms with van der Waals surface area (Å²) in [5, 5.41) is 0. The first-order valence-electron chi connectivity index (χ1n) is 7.85. The van der Waals surface area contributed by atoms with Crippen LogP contribution in [0.1, 0.15) is 11.1 Å². The summed E-state index contributed by atoms with van der Waals surface area (Å²) in [6, 6.07) is 36.5. The Hall–Kier alpha value is -2.20. The Morgan fingerprint density at radius 2 is 1.12 bits per heavy atom. The van der Waals surface area contributed by atoms with Gasteiger partial charge in [0.15, 0.2) is 0 Å². The minimum atomic E-state index is 0. The predicted molar refractivity (Wildman–Crippen MR) is 95.4 cm³/mol. The summed E-state index contributed by atoms with van der Waals surface area (Å²) in [5.74, 6) is 0. The van der Waals surface area contributed by atoms with Gasteiger partial charge in [0.25, 0.3) is 0 Å². The molecule has 0 bridgehead atoms. The van der Waals surface area contributed by atoms with Gasteiger partial charge in [0.2, 0.25) is 0 Å². The van der Waals surface area contributed by atoms with Gasteiger partial charge in [-0.2, -0.15) is 72.8 Å². The van der Waals surface area contributed by atoms with Crippen molar-refractivity contribution in [1.29, 1.82) is 0 Å². The molecule has 0 spiro atoms. The van der Waals surface area contributed by atoms with Gasteiger partial charge >= 0.3 is 0 Å². The molecule has 4 aromatic carbocycles. The summed E-state index contributed by atoms with van der Waals surface area (Å²) in [6.07, 6.45) is 0.850. The van der Waals surface area contributed by atoms with Crippen LogP contribution < -0.4 is 0 Å². The zero-order valence-corrected chi connectivity index (χ0v) is 14.7. The smallest absolute Gasteiger partial charge is 0 e. The monoisotopic (exact) mass is 398 g/mol. The summed E-state index contributed by atoms with van der Waals surface area (Å²) in [7, 11) is 0. The Labute approximate surface area is 157 Å². The van der Waals surface area contributed by atoms with E-state index in [1.165, 1.54) is 22.3 Å². The Bertz CT molecular complexity index is 808. The van der Waals surface area contributed by atoms with Crippen molar-refractivity contribution in [1.82, 2.24) is 0 Å². The van der Waals surface area contributed by atoms with Crippen LogP contribution in [-0.2, 0) is 26.8 Å². The zero-order chi connectivity index (χ0) is 15.5. The van der Waals surface area contributed by atoms with Crippen LogP contribution in [-0.4, -0.2) is 0 Å². The Balaban J connectivity index is 0.00000169. The van der Waals surface area contributed by atoms with Crippen LogP contribution in [0.2, 0.25) is 0 Å². The summed E-state index contributed by atoms with van der Waals surface area (Å²) < 4.78 is 0. The van der Waals surface area contributed by atoms with Crippen molar-refractivity contribution in [3.63, 3.8) is 0 Å². The molecule has 122 valence electrons. The maximum absolute atomic E-state index is 3.53. The van der Waals surface area contributed by atoms with Crippen molar-refractivity contribution in [2.75, 3.05) is 0 Å². The minimum Gasteiger partial charge on any atom is -0.232 e. The number of benzene rings is 2. The molecule has 0 heterocycles. The van der Waals surface area contributed by atoms with E-state index in [0.29, 0.717) is 0 Å². The minimum absolute atomic E-state index is 0. The number of hydrogen-bond donors (Lipinski definition) is 0. The molecule has 24 heavy (non-hydrogen) atoms. The normalized spacial score (nSPS) is 10.3. The first-order chi connectivity index (χ1) is 11.4. The third-order valence-corrected chi connectivity index (χ3v) is 4.04. The molecule has 0 aliphatic carbocycles. The summed E-state index contributed by atoms with van der Waals surface area (Å²) >= 11 is 0. The van der Waals surface area contributed by atoms with Crippen LogP contribution in [0, 0.1) is 12.1 Å². The van der Waals surface area contributed by atoms with Crippen molar-refractivity contribution in [3.8, 4) is 22.3 Å². The molecule has 0 nitrogen and oxygen atoms in total. The van der Waals surface area contributed by atoms with Gasteiger partial charge in [-0.15, -0.1) is 23.3 Å². The second-order valence-corrected chi connectivity index (χ2v) is 5.70. The summed E-state index contributed by atoms with van der Waals surface area (Å²) in [5.41, 5.74) is 7.14. The van der Waals surface area contributed by atoms with Crippen molar-refractivity contribution >= 4 is 0 Å². The van der Waals surface area contributed by atoms with E-state index >= 15 is 0 Å². The SMILES string of the molecule is [Pd].[c-]1c(Cc2[c-]c(-c3ccc[cH-]3)ccc2)cccc1-c1ccc[cH-]1. The van der Waals surface area contributed by atoms with Gasteiger partial charge in [-0.25, -0.2) is 34.4 Å². The topological polar surface area (TPSA) is 0 Å². The molecule has 4 rings (SSSR count). The van der Waals surface area contributed by atoms with E-state index in [1.54, 1.807) is 0 Å². The van der Waals surface area contributed by atoms with E-state index in [9.17, 15) is 0 Å². The van der Waals surface area contributed by atoms with E-state index in [4.69, 9.17) is 0 Å². The predicted octanol–water partition coefficient (Wildman–Crippen LogP) is 5.65. The van der Waals surface area contributed by atoms with Crippen molar-refractivity contribution in [2.24, 2.45) is 0 Å². The molecular formula is C23H16Pd-4. The number of rotatable bonds is 4. The molecule has 0 aliphatic rings. The van der Waals surface area contributed by atoms with E-state index in [1.807, 2.05) is 0 Å². The number of hydrogen-bond acceptors (Lipinski definition) is 0. The third kappa shape index (κ3) is 3.65. The average Bonchev–Trinajstić information content (AvgIpc) is 3.29. The van der Waals surface area contributed by atoms with Crippen LogP contribution in [0.4, 0.5) is 0 Å². The van der Waals surface area contributed by atoms with Crippen molar-refractivity contribution < 1.29 is 20.4 Å². The molecule has 0 amide bonds. The van der Waals surface area contributed by atoms with Gasteiger partial charge in [-0.05, 0) is 6.42 Å². The van der Waals surface area contributed by atoms with Crippen LogP contribution in [0.25, 0.3) is 22.3 Å². The first kappa shape index (κ1) is 16.7. The molecule has 0 aromatic heterocycles. The van der Waals surface area contributed by atoms with E-state index in [0.717, 1.165) is 17.5 Å². The molecule has 0 N–H and O–H groups in total. The van der Waals surface area contributed by atoms with E-state index in [-0.39, 0.29) is 20.4 Å². The maximum Gasteiger partial charge on any atom is 0 e. The molecule has 4 aromatic rings. The Morgan fingerprint density at radius 1 is 0.625 bits per heavy atom. The van der Waals surface area contributed by atoms with Crippen LogP contribution in [0.5, 0.6) is 0 Å². The van der Waals surface area contributed by atoms with Crippen molar-refractivity contribution in [2.45, 2.75) is 6.42 Å².